The van der Waals surface area contributed by atoms with E-state index < -0.39 is 11.9 Å². The highest BCUT2D eigenvalue weighted by Crippen LogP contribution is 2.22. The van der Waals surface area contributed by atoms with Crippen LogP contribution < -0.4 is 10.9 Å². The summed E-state index contributed by atoms with van der Waals surface area (Å²) >= 11 is 0. The van der Waals surface area contributed by atoms with E-state index in [4.69, 9.17) is 0 Å². The highest BCUT2D eigenvalue weighted by atomic mass is 16.2. The number of fused-ring (bicyclic) bond motifs is 1. The van der Waals surface area contributed by atoms with Gasteiger partial charge in [-0.2, -0.15) is 0 Å². The molecule has 2 saturated heterocycles. The number of hydrogen-bond donors (Lipinski definition) is 1. The molecular formula is C29H34N4O3. The predicted octanol–water partition coefficient (Wildman–Crippen LogP) is 3.50. The molecule has 2 aromatic carbocycles. The first kappa shape index (κ1) is 24.4. The van der Waals surface area contributed by atoms with Crippen molar-refractivity contribution in [2.75, 3.05) is 19.6 Å². The Kier molecular flexibility index (Phi) is 7.28. The first-order chi connectivity index (χ1) is 17.5. The molecular weight excluding hydrogens is 452 g/mol. The third-order valence-corrected chi connectivity index (χ3v) is 7.59. The summed E-state index contributed by atoms with van der Waals surface area (Å²) in [4.78, 5) is 44.9. The summed E-state index contributed by atoms with van der Waals surface area (Å²) in [7, 11) is 0. The number of aromatic nitrogens is 2. The molecule has 0 radical (unpaired) electrons. The molecule has 2 aliphatic heterocycles. The minimum absolute atomic E-state index is 0.212. The van der Waals surface area contributed by atoms with Gasteiger partial charge in [-0.25, -0.2) is 4.98 Å². The number of rotatable bonds is 7. The smallest absolute Gasteiger partial charge is 0.262 e. The first-order valence-electron chi connectivity index (χ1n) is 13.1. The van der Waals surface area contributed by atoms with E-state index in [9.17, 15) is 14.4 Å². The quantitative estimate of drug-likeness (QED) is 0.517. The molecule has 0 bridgehead atoms. The molecule has 188 valence electrons. The Hall–Kier alpha value is -3.32. The largest absolute Gasteiger partial charge is 0.303 e. The summed E-state index contributed by atoms with van der Waals surface area (Å²) in [6, 6.07) is 13.9. The van der Waals surface area contributed by atoms with E-state index in [1.54, 1.807) is 6.92 Å². The summed E-state index contributed by atoms with van der Waals surface area (Å²) in [5.41, 5.74) is 3.96. The highest BCUT2D eigenvalue weighted by Gasteiger charge is 2.30. The van der Waals surface area contributed by atoms with Crippen LogP contribution >= 0.6 is 0 Å². The van der Waals surface area contributed by atoms with Gasteiger partial charge in [-0.1, -0.05) is 42.8 Å². The molecule has 0 spiro atoms. The molecule has 7 nitrogen and oxygen atoms in total. The van der Waals surface area contributed by atoms with Gasteiger partial charge >= 0.3 is 0 Å². The fourth-order valence-corrected chi connectivity index (χ4v) is 5.55. The van der Waals surface area contributed by atoms with Gasteiger partial charge in [0.1, 0.15) is 11.9 Å². The SMILES string of the molecule is Cc1nc2cccc(CCc3ccc(CCN4CCCCC4)cc3)c2c(=O)n1C1CCC(=O)NC1=O. The number of aryl methyl sites for hydroxylation is 3. The zero-order chi connectivity index (χ0) is 25.1. The van der Waals surface area contributed by atoms with Gasteiger partial charge in [-0.05, 0) is 81.3 Å². The third-order valence-electron chi connectivity index (χ3n) is 7.59. The fraction of sp³-hybridized carbons (Fsp3) is 0.448. The second-order valence-corrected chi connectivity index (χ2v) is 10.1. The zero-order valence-electron chi connectivity index (χ0n) is 21.0. The number of benzene rings is 2. The number of likely N-dealkylation sites (tertiary alicyclic amines) is 1. The third kappa shape index (κ3) is 5.26. The van der Waals surface area contributed by atoms with Crippen molar-refractivity contribution < 1.29 is 9.59 Å². The van der Waals surface area contributed by atoms with E-state index in [0.29, 0.717) is 29.6 Å². The minimum Gasteiger partial charge on any atom is -0.303 e. The molecule has 3 heterocycles. The predicted molar refractivity (Wildman–Crippen MR) is 140 cm³/mol. The molecule has 0 saturated carbocycles. The van der Waals surface area contributed by atoms with Gasteiger partial charge < -0.3 is 4.90 Å². The van der Waals surface area contributed by atoms with Crippen LogP contribution in [0.15, 0.2) is 47.3 Å². The summed E-state index contributed by atoms with van der Waals surface area (Å²) < 4.78 is 1.46. The molecule has 2 fully saturated rings. The monoisotopic (exact) mass is 486 g/mol. The van der Waals surface area contributed by atoms with Crippen LogP contribution in [-0.2, 0) is 28.9 Å². The Balaban J connectivity index is 1.32. The lowest BCUT2D eigenvalue weighted by molar-refractivity contribution is -0.135. The molecule has 7 heteroatoms. The average molecular weight is 487 g/mol. The van der Waals surface area contributed by atoms with Crippen LogP contribution in [0.2, 0.25) is 0 Å². The Bertz CT molecular complexity index is 1320. The normalized spacial score (nSPS) is 19.0. The van der Waals surface area contributed by atoms with Crippen LogP contribution in [0.1, 0.15) is 60.7 Å². The standard InChI is InChI=1S/C29H34N4O3/c1-20-30-24-7-5-6-23(27(24)29(36)33(20)25-14-15-26(34)31-28(25)35)13-12-21-8-10-22(11-9-21)16-19-32-17-3-2-4-18-32/h5-11,25H,2-4,12-19H2,1H3,(H,31,34,35). The van der Waals surface area contributed by atoms with Gasteiger partial charge in [-0.3, -0.25) is 24.3 Å². The Labute approximate surface area is 211 Å². The number of hydrogen-bond acceptors (Lipinski definition) is 5. The number of nitrogens with one attached hydrogen (secondary N) is 1. The fourth-order valence-electron chi connectivity index (χ4n) is 5.55. The van der Waals surface area contributed by atoms with Crippen molar-refractivity contribution in [2.45, 2.75) is 64.3 Å². The second kappa shape index (κ2) is 10.7. The van der Waals surface area contributed by atoms with Gasteiger partial charge in [0.05, 0.1) is 10.9 Å². The highest BCUT2D eigenvalue weighted by molar-refractivity contribution is 5.99. The number of nitrogens with zero attached hydrogens (tertiary/aromatic N) is 3. The maximum absolute atomic E-state index is 13.6. The molecule has 1 atom stereocenters. The topological polar surface area (TPSA) is 84.3 Å². The molecule has 2 aliphatic rings. The zero-order valence-corrected chi connectivity index (χ0v) is 21.0. The lowest BCUT2D eigenvalue weighted by Gasteiger charge is -2.26. The van der Waals surface area contributed by atoms with Crippen molar-refractivity contribution in [2.24, 2.45) is 0 Å². The van der Waals surface area contributed by atoms with Crippen molar-refractivity contribution in [3.8, 4) is 0 Å². The van der Waals surface area contributed by atoms with E-state index in [1.165, 1.54) is 48.0 Å². The van der Waals surface area contributed by atoms with Crippen LogP contribution in [0.5, 0.6) is 0 Å². The van der Waals surface area contributed by atoms with E-state index in [2.05, 4.69) is 39.5 Å². The van der Waals surface area contributed by atoms with Crippen molar-refractivity contribution in [1.82, 2.24) is 19.8 Å². The first-order valence-corrected chi connectivity index (χ1v) is 13.1. The lowest BCUT2D eigenvalue weighted by atomic mass is 9.99. The number of carbonyl (C=O) groups excluding carboxylic acids is 2. The summed E-state index contributed by atoms with van der Waals surface area (Å²) in [6.07, 6.45) is 7.14. The van der Waals surface area contributed by atoms with E-state index in [0.717, 1.165) is 24.9 Å². The van der Waals surface area contributed by atoms with Crippen molar-refractivity contribution >= 4 is 22.7 Å². The Morgan fingerprint density at radius 3 is 2.36 bits per heavy atom. The summed E-state index contributed by atoms with van der Waals surface area (Å²) in [5, 5.41) is 2.92. The maximum Gasteiger partial charge on any atom is 0.262 e. The maximum atomic E-state index is 13.6. The lowest BCUT2D eigenvalue weighted by Crippen LogP contribution is -2.45. The molecule has 1 unspecified atom stereocenters. The molecule has 1 N–H and O–H groups in total. The van der Waals surface area contributed by atoms with Gasteiger partial charge in [0.15, 0.2) is 0 Å². The molecule has 5 rings (SSSR count). The number of piperidine rings is 2. The van der Waals surface area contributed by atoms with Crippen LogP contribution in [0.3, 0.4) is 0 Å². The molecule has 2 amide bonds. The van der Waals surface area contributed by atoms with Gasteiger partial charge in [0, 0.05) is 13.0 Å². The molecule has 36 heavy (non-hydrogen) atoms. The Morgan fingerprint density at radius 1 is 0.917 bits per heavy atom. The van der Waals surface area contributed by atoms with Gasteiger partial charge in [-0.15, -0.1) is 0 Å². The minimum atomic E-state index is -0.711. The molecule has 1 aromatic heterocycles. The van der Waals surface area contributed by atoms with Gasteiger partial charge in [0.2, 0.25) is 11.8 Å². The van der Waals surface area contributed by atoms with Gasteiger partial charge in [0.25, 0.3) is 5.56 Å². The number of imide groups is 1. The van der Waals surface area contributed by atoms with Crippen molar-refractivity contribution in [1.29, 1.82) is 0 Å². The average Bonchev–Trinajstić information content (AvgIpc) is 2.88. The van der Waals surface area contributed by atoms with Crippen LogP contribution in [-0.4, -0.2) is 45.9 Å². The van der Waals surface area contributed by atoms with E-state index >= 15 is 0 Å². The molecule has 0 aliphatic carbocycles. The van der Waals surface area contributed by atoms with Crippen molar-refractivity contribution in [3.63, 3.8) is 0 Å². The number of carbonyl (C=O) groups is 2. The summed E-state index contributed by atoms with van der Waals surface area (Å²) in [6.45, 7) is 5.32. The van der Waals surface area contributed by atoms with E-state index in [-0.39, 0.29) is 17.9 Å². The van der Waals surface area contributed by atoms with E-state index in [1.807, 2.05) is 18.2 Å². The van der Waals surface area contributed by atoms with Crippen LogP contribution in [0, 0.1) is 6.92 Å². The number of amides is 2. The van der Waals surface area contributed by atoms with Crippen LogP contribution in [0.25, 0.3) is 10.9 Å². The Morgan fingerprint density at radius 2 is 1.64 bits per heavy atom. The molecule has 3 aromatic rings. The van der Waals surface area contributed by atoms with Crippen molar-refractivity contribution in [3.05, 3.63) is 75.3 Å². The second-order valence-electron chi connectivity index (χ2n) is 10.1. The van der Waals surface area contributed by atoms with Crippen LogP contribution in [0.4, 0.5) is 0 Å². The summed E-state index contributed by atoms with van der Waals surface area (Å²) in [5.74, 6) is -0.247.